The van der Waals surface area contributed by atoms with Crippen molar-refractivity contribution in [3.8, 4) is 0 Å². The van der Waals surface area contributed by atoms with E-state index < -0.39 is 0 Å². The average molecular weight is 347 g/mol. The molecule has 0 aromatic carbocycles. The molecule has 0 bridgehead atoms. The van der Waals surface area contributed by atoms with E-state index in [0.29, 0.717) is 12.1 Å². The molecule has 0 unspecified atom stereocenters. The maximum absolute atomic E-state index is 12.1. The maximum atomic E-state index is 12.1. The first-order valence-electron chi connectivity index (χ1n) is 8.01. The van der Waals surface area contributed by atoms with Crippen molar-refractivity contribution in [2.45, 2.75) is 11.6 Å². The SMILES string of the molecule is O=C(NCc1ccco1)c1ccc(SCCN2CCOCC2)nc1. The van der Waals surface area contributed by atoms with Crippen molar-refractivity contribution in [2.24, 2.45) is 0 Å². The quantitative estimate of drug-likeness (QED) is 0.773. The van der Waals surface area contributed by atoms with Crippen molar-refractivity contribution < 1.29 is 13.9 Å². The molecule has 3 rings (SSSR count). The van der Waals surface area contributed by atoms with Crippen molar-refractivity contribution in [1.29, 1.82) is 0 Å². The lowest BCUT2D eigenvalue weighted by atomic mass is 10.2. The zero-order chi connectivity index (χ0) is 16.6. The molecule has 1 amide bonds. The summed E-state index contributed by atoms with van der Waals surface area (Å²) in [5.74, 6) is 1.56. The Hall–Kier alpha value is -1.83. The lowest BCUT2D eigenvalue weighted by Gasteiger charge is -2.26. The van der Waals surface area contributed by atoms with Crippen LogP contribution in [0.15, 0.2) is 46.2 Å². The van der Waals surface area contributed by atoms with Crippen LogP contribution in [0.1, 0.15) is 16.1 Å². The molecule has 1 saturated heterocycles. The van der Waals surface area contributed by atoms with Crippen molar-refractivity contribution >= 4 is 17.7 Å². The van der Waals surface area contributed by atoms with Crippen LogP contribution in [0.4, 0.5) is 0 Å². The van der Waals surface area contributed by atoms with E-state index in [1.807, 2.05) is 18.2 Å². The fraction of sp³-hybridized carbons (Fsp3) is 0.412. The number of nitrogens with zero attached hydrogens (tertiary/aromatic N) is 2. The summed E-state index contributed by atoms with van der Waals surface area (Å²) in [7, 11) is 0. The van der Waals surface area contributed by atoms with E-state index in [4.69, 9.17) is 9.15 Å². The van der Waals surface area contributed by atoms with Gasteiger partial charge in [-0.05, 0) is 24.3 Å². The summed E-state index contributed by atoms with van der Waals surface area (Å²) >= 11 is 1.71. The highest BCUT2D eigenvalue weighted by Gasteiger charge is 2.10. The smallest absolute Gasteiger partial charge is 0.253 e. The third kappa shape index (κ3) is 5.09. The number of carbonyl (C=O) groups excluding carboxylic acids is 1. The molecule has 0 radical (unpaired) electrons. The van der Waals surface area contributed by atoms with Gasteiger partial charge in [0.2, 0.25) is 0 Å². The first kappa shape index (κ1) is 17.0. The van der Waals surface area contributed by atoms with Crippen LogP contribution in [-0.2, 0) is 11.3 Å². The summed E-state index contributed by atoms with van der Waals surface area (Å²) in [6.07, 6.45) is 3.21. The second-order valence-corrected chi connectivity index (χ2v) is 6.56. The summed E-state index contributed by atoms with van der Waals surface area (Å²) in [5, 5.41) is 3.74. The summed E-state index contributed by atoms with van der Waals surface area (Å²) in [6, 6.07) is 7.33. The Morgan fingerprint density at radius 3 is 2.88 bits per heavy atom. The summed E-state index contributed by atoms with van der Waals surface area (Å²) in [6.45, 7) is 5.06. The van der Waals surface area contributed by atoms with E-state index in [2.05, 4.69) is 15.2 Å². The number of amides is 1. The zero-order valence-electron chi connectivity index (χ0n) is 13.4. The molecule has 1 N–H and O–H groups in total. The Balaban J connectivity index is 1.41. The van der Waals surface area contributed by atoms with Crippen molar-refractivity contribution in [3.63, 3.8) is 0 Å². The van der Waals surface area contributed by atoms with E-state index in [1.54, 1.807) is 30.3 Å². The second-order valence-electron chi connectivity index (χ2n) is 5.45. The number of hydrogen-bond donors (Lipinski definition) is 1. The molecule has 1 aliphatic rings. The molecular formula is C17H21N3O3S. The Kier molecular flexibility index (Phi) is 6.28. The number of carbonyl (C=O) groups is 1. The molecule has 0 saturated carbocycles. The molecule has 1 fully saturated rings. The Morgan fingerprint density at radius 1 is 1.29 bits per heavy atom. The Morgan fingerprint density at radius 2 is 2.17 bits per heavy atom. The van der Waals surface area contributed by atoms with Crippen LogP contribution in [0.25, 0.3) is 0 Å². The second kappa shape index (κ2) is 8.86. The van der Waals surface area contributed by atoms with E-state index in [1.165, 1.54) is 0 Å². The van der Waals surface area contributed by atoms with Crippen LogP contribution >= 0.6 is 11.8 Å². The highest BCUT2D eigenvalue weighted by atomic mass is 32.2. The van der Waals surface area contributed by atoms with Gasteiger partial charge in [-0.2, -0.15) is 0 Å². The van der Waals surface area contributed by atoms with Crippen LogP contribution in [0.2, 0.25) is 0 Å². The van der Waals surface area contributed by atoms with Crippen molar-refractivity contribution in [1.82, 2.24) is 15.2 Å². The van der Waals surface area contributed by atoms with Gasteiger partial charge in [-0.3, -0.25) is 9.69 Å². The van der Waals surface area contributed by atoms with E-state index in [-0.39, 0.29) is 5.91 Å². The van der Waals surface area contributed by atoms with Gasteiger partial charge in [-0.1, -0.05) is 0 Å². The first-order valence-corrected chi connectivity index (χ1v) is 8.99. The van der Waals surface area contributed by atoms with Crippen LogP contribution in [-0.4, -0.2) is 54.4 Å². The highest BCUT2D eigenvalue weighted by Crippen LogP contribution is 2.16. The summed E-state index contributed by atoms with van der Waals surface area (Å²) in [5.41, 5.74) is 0.555. The lowest BCUT2D eigenvalue weighted by molar-refractivity contribution is 0.0410. The summed E-state index contributed by atoms with van der Waals surface area (Å²) < 4.78 is 10.5. The van der Waals surface area contributed by atoms with E-state index >= 15 is 0 Å². The fourth-order valence-electron chi connectivity index (χ4n) is 2.39. The van der Waals surface area contributed by atoms with Gasteiger partial charge in [0.05, 0.1) is 36.6 Å². The first-order chi connectivity index (χ1) is 11.8. The van der Waals surface area contributed by atoms with Crippen molar-refractivity contribution in [3.05, 3.63) is 48.0 Å². The number of nitrogens with one attached hydrogen (secondary N) is 1. The molecule has 3 heterocycles. The van der Waals surface area contributed by atoms with Gasteiger partial charge in [0, 0.05) is 31.6 Å². The number of furan rings is 1. The topological polar surface area (TPSA) is 67.6 Å². The Labute approximate surface area is 145 Å². The number of ether oxygens (including phenoxy) is 1. The summed E-state index contributed by atoms with van der Waals surface area (Å²) in [4.78, 5) is 18.8. The normalized spacial score (nSPS) is 15.3. The molecular weight excluding hydrogens is 326 g/mol. The van der Waals surface area contributed by atoms with Gasteiger partial charge in [-0.15, -0.1) is 11.8 Å². The molecule has 128 valence electrons. The third-order valence-corrected chi connectivity index (χ3v) is 4.69. The van der Waals surface area contributed by atoms with Crippen LogP contribution in [0.3, 0.4) is 0 Å². The van der Waals surface area contributed by atoms with Crippen LogP contribution in [0.5, 0.6) is 0 Å². The predicted octanol–water partition coefficient (Wildman–Crippen LogP) is 2.03. The van der Waals surface area contributed by atoms with Crippen molar-refractivity contribution in [2.75, 3.05) is 38.6 Å². The molecule has 1 aliphatic heterocycles. The lowest BCUT2D eigenvalue weighted by Crippen LogP contribution is -2.37. The molecule has 24 heavy (non-hydrogen) atoms. The van der Waals surface area contributed by atoms with Gasteiger partial charge in [0.1, 0.15) is 5.76 Å². The molecule has 0 spiro atoms. The number of rotatable bonds is 7. The molecule has 2 aromatic rings. The minimum Gasteiger partial charge on any atom is -0.467 e. The van der Waals surface area contributed by atoms with Gasteiger partial charge >= 0.3 is 0 Å². The standard InChI is InChI=1S/C17H21N3O3S/c21-17(19-13-15-2-1-8-23-15)14-3-4-16(18-12-14)24-11-7-20-5-9-22-10-6-20/h1-4,8,12H,5-7,9-11,13H2,(H,19,21). The van der Waals surface area contributed by atoms with Gasteiger partial charge in [-0.25, -0.2) is 4.98 Å². The number of hydrogen-bond acceptors (Lipinski definition) is 6. The minimum absolute atomic E-state index is 0.149. The number of aromatic nitrogens is 1. The molecule has 2 aromatic heterocycles. The molecule has 0 aliphatic carbocycles. The molecule has 0 atom stereocenters. The number of pyridine rings is 1. The van der Waals surface area contributed by atoms with E-state index in [9.17, 15) is 4.79 Å². The Bertz CT molecular complexity index is 625. The fourth-order valence-corrected chi connectivity index (χ4v) is 3.24. The number of morpholine rings is 1. The van der Waals surface area contributed by atoms with Gasteiger partial charge in [0.15, 0.2) is 0 Å². The molecule has 7 heteroatoms. The zero-order valence-corrected chi connectivity index (χ0v) is 14.3. The minimum atomic E-state index is -0.149. The van der Waals surface area contributed by atoms with Gasteiger partial charge < -0.3 is 14.5 Å². The van der Waals surface area contributed by atoms with Gasteiger partial charge in [0.25, 0.3) is 5.91 Å². The van der Waals surface area contributed by atoms with Crippen LogP contribution < -0.4 is 5.32 Å². The third-order valence-electron chi connectivity index (χ3n) is 3.76. The van der Waals surface area contributed by atoms with E-state index in [0.717, 1.165) is 49.4 Å². The number of thioether (sulfide) groups is 1. The maximum Gasteiger partial charge on any atom is 0.253 e. The average Bonchev–Trinajstić information content (AvgIpc) is 3.15. The monoisotopic (exact) mass is 347 g/mol. The largest absolute Gasteiger partial charge is 0.467 e. The molecule has 6 nitrogen and oxygen atoms in total. The highest BCUT2D eigenvalue weighted by molar-refractivity contribution is 7.99. The predicted molar refractivity (Wildman–Crippen MR) is 92.1 cm³/mol. The van der Waals surface area contributed by atoms with Crippen LogP contribution in [0, 0.1) is 0 Å².